The summed E-state index contributed by atoms with van der Waals surface area (Å²) in [6.07, 6.45) is -1.06. The predicted molar refractivity (Wildman–Crippen MR) is 138 cm³/mol. The van der Waals surface area contributed by atoms with E-state index >= 15 is 0 Å². The zero-order valence-corrected chi connectivity index (χ0v) is 22.7. The van der Waals surface area contributed by atoms with Gasteiger partial charge < -0.3 is 19.4 Å². The average molecular weight is 569 g/mol. The number of thiophene rings is 1. The highest BCUT2D eigenvalue weighted by Crippen LogP contribution is 2.39. The molecule has 38 heavy (non-hydrogen) atoms. The number of aryl methyl sites for hydroxylation is 1. The molecule has 13 heteroatoms. The van der Waals surface area contributed by atoms with E-state index in [1.807, 2.05) is 0 Å². The first kappa shape index (κ1) is 28.0. The first-order valence-electron chi connectivity index (χ1n) is 12.0. The van der Waals surface area contributed by atoms with Crippen LogP contribution >= 0.6 is 23.1 Å². The fourth-order valence-corrected chi connectivity index (χ4v) is 5.97. The SMILES string of the molecule is CC(C)OC(=O)c1c(NC(=O)CSc2nnc(COc3cccc(C(F)(F)F)c3)n2C)sc2c1CCCC2. The number of hydrogen-bond donors (Lipinski definition) is 1. The van der Waals surface area contributed by atoms with Gasteiger partial charge in [-0.3, -0.25) is 4.79 Å². The van der Waals surface area contributed by atoms with Gasteiger partial charge in [-0.05, 0) is 63.3 Å². The maximum absolute atomic E-state index is 12.9. The second-order valence-electron chi connectivity index (χ2n) is 8.98. The number of carbonyl (C=O) groups excluding carboxylic acids is 2. The summed E-state index contributed by atoms with van der Waals surface area (Å²) in [5.74, 6) is -0.281. The van der Waals surface area contributed by atoms with Crippen LogP contribution in [-0.4, -0.2) is 38.5 Å². The summed E-state index contributed by atoms with van der Waals surface area (Å²) in [6.45, 7) is 3.47. The molecule has 4 rings (SSSR count). The number of carbonyl (C=O) groups is 2. The van der Waals surface area contributed by atoms with Crippen LogP contribution in [0.4, 0.5) is 18.2 Å². The van der Waals surface area contributed by atoms with Crippen molar-refractivity contribution < 1.29 is 32.2 Å². The number of nitrogens with one attached hydrogen (secondary N) is 1. The molecule has 0 saturated carbocycles. The second kappa shape index (κ2) is 11.8. The smallest absolute Gasteiger partial charge is 0.416 e. The number of esters is 1. The van der Waals surface area contributed by atoms with Gasteiger partial charge in [0.2, 0.25) is 5.91 Å². The van der Waals surface area contributed by atoms with Crippen LogP contribution in [0.3, 0.4) is 0 Å². The van der Waals surface area contributed by atoms with Crippen LogP contribution in [0.25, 0.3) is 0 Å². The molecule has 8 nitrogen and oxygen atoms in total. The van der Waals surface area contributed by atoms with Crippen molar-refractivity contribution >= 4 is 40.0 Å². The fraction of sp³-hybridized carbons (Fsp3) is 0.440. The molecular weight excluding hydrogens is 541 g/mol. The zero-order valence-electron chi connectivity index (χ0n) is 21.1. The fourth-order valence-electron chi connectivity index (χ4n) is 3.94. The molecule has 204 valence electrons. The third-order valence-electron chi connectivity index (χ3n) is 5.76. The molecule has 1 aliphatic carbocycles. The highest BCUT2D eigenvalue weighted by atomic mass is 32.2. The summed E-state index contributed by atoms with van der Waals surface area (Å²) in [7, 11) is 1.68. The van der Waals surface area contributed by atoms with Gasteiger partial charge in [0.15, 0.2) is 11.0 Å². The first-order valence-corrected chi connectivity index (χ1v) is 13.8. The molecule has 0 radical (unpaired) electrons. The maximum Gasteiger partial charge on any atom is 0.416 e. The zero-order chi connectivity index (χ0) is 27.4. The van der Waals surface area contributed by atoms with Crippen molar-refractivity contribution in [2.45, 2.75) is 63.6 Å². The van der Waals surface area contributed by atoms with Crippen LogP contribution in [0.1, 0.15) is 58.9 Å². The second-order valence-corrected chi connectivity index (χ2v) is 11.0. The highest BCUT2D eigenvalue weighted by Gasteiger charge is 2.31. The molecular formula is C25H27F3N4O4S2. The van der Waals surface area contributed by atoms with Crippen molar-refractivity contribution in [3.63, 3.8) is 0 Å². The lowest BCUT2D eigenvalue weighted by molar-refractivity contribution is -0.137. The summed E-state index contributed by atoms with van der Waals surface area (Å²) in [4.78, 5) is 26.7. The Kier molecular flexibility index (Phi) is 8.66. The molecule has 0 unspecified atom stereocenters. The normalized spacial score (nSPS) is 13.3. The Labute approximate surface area is 225 Å². The number of thioether (sulfide) groups is 1. The van der Waals surface area contributed by atoms with Crippen LogP contribution in [-0.2, 0) is 42.2 Å². The van der Waals surface area contributed by atoms with Gasteiger partial charge in [-0.25, -0.2) is 4.79 Å². The third kappa shape index (κ3) is 6.68. The Morgan fingerprint density at radius 3 is 2.71 bits per heavy atom. The number of ether oxygens (including phenoxy) is 2. The van der Waals surface area contributed by atoms with Crippen LogP contribution < -0.4 is 10.1 Å². The van der Waals surface area contributed by atoms with Crippen molar-refractivity contribution in [1.82, 2.24) is 14.8 Å². The minimum Gasteiger partial charge on any atom is -0.486 e. The Morgan fingerprint density at radius 2 is 1.97 bits per heavy atom. The van der Waals surface area contributed by atoms with Gasteiger partial charge in [0, 0.05) is 11.9 Å². The van der Waals surface area contributed by atoms with E-state index in [0.29, 0.717) is 21.5 Å². The minimum atomic E-state index is -4.47. The third-order valence-corrected chi connectivity index (χ3v) is 7.99. The molecule has 1 aromatic carbocycles. The van der Waals surface area contributed by atoms with Crippen LogP contribution in [0, 0.1) is 0 Å². The van der Waals surface area contributed by atoms with E-state index < -0.39 is 17.7 Å². The predicted octanol–water partition coefficient (Wildman–Crippen LogP) is 5.65. The van der Waals surface area contributed by atoms with Gasteiger partial charge in [0.25, 0.3) is 0 Å². The number of benzene rings is 1. The summed E-state index contributed by atoms with van der Waals surface area (Å²) in [5, 5.41) is 11.9. The molecule has 2 heterocycles. The molecule has 2 aromatic heterocycles. The van der Waals surface area contributed by atoms with E-state index in [0.717, 1.165) is 60.0 Å². The summed E-state index contributed by atoms with van der Waals surface area (Å²) < 4.78 is 51.3. The lowest BCUT2D eigenvalue weighted by Crippen LogP contribution is -2.19. The van der Waals surface area contributed by atoms with E-state index in [1.54, 1.807) is 25.5 Å². The van der Waals surface area contributed by atoms with E-state index in [2.05, 4.69) is 15.5 Å². The number of amides is 1. The van der Waals surface area contributed by atoms with Crippen LogP contribution in [0.15, 0.2) is 29.4 Å². The van der Waals surface area contributed by atoms with E-state index in [-0.39, 0.29) is 30.1 Å². The molecule has 1 aliphatic rings. The number of aromatic nitrogens is 3. The largest absolute Gasteiger partial charge is 0.486 e. The number of alkyl halides is 3. The average Bonchev–Trinajstić information content (AvgIpc) is 3.40. The van der Waals surface area contributed by atoms with Crippen molar-refractivity contribution in [2.75, 3.05) is 11.1 Å². The van der Waals surface area contributed by atoms with E-state index in [9.17, 15) is 22.8 Å². The van der Waals surface area contributed by atoms with Crippen LogP contribution in [0.2, 0.25) is 0 Å². The molecule has 0 saturated heterocycles. The standard InChI is InChI=1S/C25H27F3N4O4S2/c1-14(2)36-23(34)21-17-9-4-5-10-18(17)38-22(21)29-20(33)13-37-24-31-30-19(32(24)3)12-35-16-8-6-7-15(11-16)25(26,27)28/h6-8,11,14H,4-5,9-10,12-13H2,1-3H3,(H,29,33). The summed E-state index contributed by atoms with van der Waals surface area (Å²) in [5.41, 5.74) is 0.612. The topological polar surface area (TPSA) is 95.3 Å². The van der Waals surface area contributed by atoms with Crippen molar-refractivity contribution in [1.29, 1.82) is 0 Å². The number of fused-ring (bicyclic) bond motifs is 1. The van der Waals surface area contributed by atoms with Gasteiger partial charge >= 0.3 is 12.1 Å². The van der Waals surface area contributed by atoms with Gasteiger partial charge in [0.1, 0.15) is 17.4 Å². The molecule has 0 aliphatic heterocycles. The number of nitrogens with zero attached hydrogens (tertiary/aromatic N) is 3. The van der Waals surface area contributed by atoms with Crippen molar-refractivity contribution in [3.8, 4) is 5.75 Å². The maximum atomic E-state index is 12.9. The number of rotatable bonds is 9. The Morgan fingerprint density at radius 1 is 1.21 bits per heavy atom. The van der Waals surface area contributed by atoms with Crippen LogP contribution in [0.5, 0.6) is 5.75 Å². The summed E-state index contributed by atoms with van der Waals surface area (Å²) >= 11 is 2.56. The molecule has 1 N–H and O–H groups in total. The lowest BCUT2D eigenvalue weighted by Gasteiger charge is -2.14. The molecule has 0 spiro atoms. The van der Waals surface area contributed by atoms with Gasteiger partial charge in [-0.1, -0.05) is 17.8 Å². The molecule has 1 amide bonds. The quantitative estimate of drug-likeness (QED) is 0.263. The summed E-state index contributed by atoms with van der Waals surface area (Å²) in [6, 6.07) is 4.59. The Bertz CT molecular complexity index is 1320. The molecule has 0 atom stereocenters. The van der Waals surface area contributed by atoms with Crippen molar-refractivity contribution in [3.05, 3.63) is 51.7 Å². The molecule has 3 aromatic rings. The van der Waals surface area contributed by atoms with Gasteiger partial charge in [0.05, 0.1) is 23.0 Å². The molecule has 0 fully saturated rings. The Balaban J connectivity index is 1.37. The van der Waals surface area contributed by atoms with Gasteiger partial charge in [-0.15, -0.1) is 21.5 Å². The van der Waals surface area contributed by atoms with E-state index in [1.165, 1.54) is 23.5 Å². The minimum absolute atomic E-state index is 0.0156. The van der Waals surface area contributed by atoms with Gasteiger partial charge in [-0.2, -0.15) is 13.2 Å². The number of anilines is 1. The van der Waals surface area contributed by atoms with E-state index in [4.69, 9.17) is 9.47 Å². The number of hydrogen-bond acceptors (Lipinski definition) is 8. The highest BCUT2D eigenvalue weighted by molar-refractivity contribution is 7.99. The Hall–Kier alpha value is -3.06. The number of halogens is 3. The first-order chi connectivity index (χ1) is 18.0. The monoisotopic (exact) mass is 568 g/mol. The van der Waals surface area contributed by atoms with Crippen molar-refractivity contribution in [2.24, 2.45) is 7.05 Å². The molecule has 0 bridgehead atoms. The lowest BCUT2D eigenvalue weighted by atomic mass is 9.95.